The highest BCUT2D eigenvalue weighted by Gasteiger charge is 2.41. The molecule has 4 aromatic carbocycles. The molecule has 2 aliphatic rings. The van der Waals surface area contributed by atoms with Crippen molar-refractivity contribution in [1.29, 1.82) is 0 Å². The molecule has 0 heterocycles. The van der Waals surface area contributed by atoms with Crippen molar-refractivity contribution in [3.8, 4) is 11.5 Å². The number of fused-ring (bicyclic) bond motifs is 2. The summed E-state index contributed by atoms with van der Waals surface area (Å²) >= 11 is 12.3. The van der Waals surface area contributed by atoms with Crippen molar-refractivity contribution < 1.29 is 29.3 Å². The number of carboxylic acids is 2. The van der Waals surface area contributed by atoms with Gasteiger partial charge in [-0.2, -0.15) is 0 Å². The van der Waals surface area contributed by atoms with Crippen LogP contribution in [0, 0.1) is 0 Å². The van der Waals surface area contributed by atoms with E-state index in [1.807, 2.05) is 60.3 Å². The third-order valence-corrected chi connectivity index (χ3v) is 12.0. The van der Waals surface area contributed by atoms with Gasteiger partial charge in [-0.15, -0.1) is 0 Å². The number of hydrogen-bond acceptors (Lipinski definition) is 6. The van der Waals surface area contributed by atoms with Crippen molar-refractivity contribution >= 4 is 35.1 Å². The number of aryl methyl sites for hydroxylation is 2. The number of benzene rings is 4. The summed E-state index contributed by atoms with van der Waals surface area (Å²) < 4.78 is 10.7. The van der Waals surface area contributed by atoms with E-state index in [0.29, 0.717) is 6.54 Å². The summed E-state index contributed by atoms with van der Waals surface area (Å²) in [5, 5.41) is 19.8. The summed E-state index contributed by atoms with van der Waals surface area (Å²) in [6, 6.07) is 28.4. The topological polar surface area (TPSA) is 99.5 Å². The molecule has 0 aromatic heterocycles. The van der Waals surface area contributed by atoms with E-state index in [-0.39, 0.29) is 17.4 Å². The molecule has 6 rings (SSSR count). The maximum Gasteiger partial charge on any atom is 0.320 e. The van der Waals surface area contributed by atoms with Gasteiger partial charge in [0.1, 0.15) is 17.5 Å². The summed E-state index contributed by atoms with van der Waals surface area (Å²) in [5.41, 5.74) is 7.59. The van der Waals surface area contributed by atoms with Crippen molar-refractivity contribution in [2.45, 2.75) is 68.7 Å². The first-order chi connectivity index (χ1) is 25.8. The molecule has 3 atom stereocenters. The number of rotatable bonds is 15. The van der Waals surface area contributed by atoms with E-state index < -0.39 is 18.0 Å². The third-order valence-electron chi connectivity index (χ3n) is 11.6. The van der Waals surface area contributed by atoms with E-state index in [4.69, 9.17) is 37.8 Å². The monoisotopic (exact) mass is 774 g/mol. The lowest BCUT2D eigenvalue weighted by Gasteiger charge is -2.33. The SMILES string of the molecule is COc1ccc(C2(CCCN(C)[C@@H](C)C(=O)O)CCc3cc(Cl)ccc32)cc1.COc1ccc2c(c1)CCC2(CCN(C)CC(=O)O)c1ccc(Cl)cc1. The van der Waals surface area contributed by atoms with Crippen LogP contribution in [0.5, 0.6) is 11.5 Å². The predicted molar refractivity (Wildman–Crippen MR) is 216 cm³/mol. The highest BCUT2D eigenvalue weighted by Crippen LogP contribution is 2.49. The van der Waals surface area contributed by atoms with Crippen molar-refractivity contribution in [3.05, 3.63) is 128 Å². The molecule has 0 aliphatic heterocycles. The van der Waals surface area contributed by atoms with E-state index in [0.717, 1.165) is 73.0 Å². The Labute approximate surface area is 329 Å². The van der Waals surface area contributed by atoms with Crippen LogP contribution in [0.2, 0.25) is 10.0 Å². The van der Waals surface area contributed by atoms with Crippen molar-refractivity contribution in [1.82, 2.24) is 9.80 Å². The Morgan fingerprint density at radius 1 is 0.722 bits per heavy atom. The zero-order valence-corrected chi connectivity index (χ0v) is 33.4. The van der Waals surface area contributed by atoms with Crippen LogP contribution in [-0.2, 0) is 33.3 Å². The van der Waals surface area contributed by atoms with Gasteiger partial charge in [-0.25, -0.2) is 0 Å². The summed E-state index contributed by atoms with van der Waals surface area (Å²) in [6.07, 6.45) is 6.76. The molecule has 2 unspecified atom stereocenters. The van der Waals surface area contributed by atoms with E-state index >= 15 is 0 Å². The minimum atomic E-state index is -0.801. The minimum Gasteiger partial charge on any atom is -0.497 e. The van der Waals surface area contributed by atoms with Crippen LogP contribution in [0.15, 0.2) is 84.9 Å². The number of nitrogens with zero attached hydrogens (tertiary/aromatic N) is 2. The van der Waals surface area contributed by atoms with Crippen molar-refractivity contribution in [2.75, 3.05) is 47.9 Å². The molecule has 0 saturated heterocycles. The van der Waals surface area contributed by atoms with Gasteiger partial charge in [0.25, 0.3) is 0 Å². The highest BCUT2D eigenvalue weighted by atomic mass is 35.5. The van der Waals surface area contributed by atoms with Crippen molar-refractivity contribution in [3.63, 3.8) is 0 Å². The van der Waals surface area contributed by atoms with Crippen LogP contribution in [0.3, 0.4) is 0 Å². The predicted octanol–water partition coefficient (Wildman–Crippen LogP) is 8.75. The number of halogens is 2. The standard InChI is InChI=1S/C23H28ClNO3.C21H24ClNO3/c1-16(22(26)27)25(2)14-4-12-23(18-5-8-20(28-3)9-6-18)13-11-17-15-19(24)7-10-21(17)23;1-23(14-20(24)25)12-11-21(16-3-5-17(22)6-4-16)10-9-15-13-18(26-2)7-8-19(15)21/h5-10,15-16H,4,11-14H2,1-3H3,(H,26,27);3-8,13H,9-12,14H2,1-2H3,(H,24,25)/t16-,23?;/m0./s1. The lowest BCUT2D eigenvalue weighted by atomic mass is 9.72. The molecule has 0 spiro atoms. The van der Waals surface area contributed by atoms with Gasteiger partial charge in [0.2, 0.25) is 0 Å². The summed E-state index contributed by atoms with van der Waals surface area (Å²) in [6.45, 7) is 3.23. The van der Waals surface area contributed by atoms with Crippen LogP contribution in [-0.4, -0.2) is 85.9 Å². The van der Waals surface area contributed by atoms with E-state index in [1.165, 1.54) is 33.4 Å². The van der Waals surface area contributed by atoms with Crippen LogP contribution in [0.4, 0.5) is 0 Å². The Kier molecular flexibility index (Phi) is 13.7. The molecule has 0 amide bonds. The number of ether oxygens (including phenoxy) is 2. The zero-order chi connectivity index (χ0) is 39.0. The molecule has 0 saturated carbocycles. The van der Waals surface area contributed by atoms with Gasteiger partial charge >= 0.3 is 11.9 Å². The molecule has 8 nitrogen and oxygen atoms in total. The first kappa shape index (κ1) is 41.1. The van der Waals surface area contributed by atoms with E-state index in [1.54, 1.807) is 21.1 Å². The quantitative estimate of drug-likeness (QED) is 0.124. The molecular weight excluding hydrogens is 723 g/mol. The normalized spacial score (nSPS) is 19.1. The average Bonchev–Trinajstić information content (AvgIpc) is 3.72. The maximum absolute atomic E-state index is 11.2. The van der Waals surface area contributed by atoms with Crippen molar-refractivity contribution in [2.24, 2.45) is 0 Å². The number of methoxy groups -OCH3 is 2. The number of hydrogen-bond donors (Lipinski definition) is 2. The van der Waals surface area contributed by atoms with Crippen LogP contribution in [0.1, 0.15) is 72.4 Å². The fourth-order valence-corrected chi connectivity index (χ4v) is 8.68. The molecule has 4 aromatic rings. The highest BCUT2D eigenvalue weighted by molar-refractivity contribution is 6.30. The molecule has 0 bridgehead atoms. The second-order valence-corrected chi connectivity index (χ2v) is 15.6. The Morgan fingerprint density at radius 2 is 1.24 bits per heavy atom. The second kappa shape index (κ2) is 18.0. The molecule has 2 N–H and O–H groups in total. The molecular formula is C44H52Cl2N2O6. The van der Waals surface area contributed by atoms with Gasteiger partial charge in [0, 0.05) is 20.9 Å². The van der Waals surface area contributed by atoms with Crippen LogP contribution >= 0.6 is 23.2 Å². The number of aliphatic carboxylic acids is 2. The smallest absolute Gasteiger partial charge is 0.320 e. The minimum absolute atomic E-state index is 0.0478. The van der Waals surface area contributed by atoms with E-state index in [9.17, 15) is 14.7 Å². The molecule has 0 fully saturated rings. The zero-order valence-electron chi connectivity index (χ0n) is 31.9. The molecule has 10 heteroatoms. The van der Waals surface area contributed by atoms with E-state index in [2.05, 4.69) is 48.5 Å². The first-order valence-corrected chi connectivity index (χ1v) is 19.3. The number of likely N-dealkylation sites (N-methyl/N-ethyl adjacent to an activating group) is 2. The fourth-order valence-electron chi connectivity index (χ4n) is 8.36. The lowest BCUT2D eigenvalue weighted by Crippen LogP contribution is -2.37. The second-order valence-electron chi connectivity index (χ2n) is 14.7. The summed E-state index contributed by atoms with van der Waals surface area (Å²) in [4.78, 5) is 26.0. The molecule has 2 aliphatic carbocycles. The fraction of sp³-hybridized carbons (Fsp3) is 0.409. The summed E-state index contributed by atoms with van der Waals surface area (Å²) in [7, 11) is 7.09. The van der Waals surface area contributed by atoms with Crippen LogP contribution < -0.4 is 9.47 Å². The lowest BCUT2D eigenvalue weighted by molar-refractivity contribution is -0.142. The first-order valence-electron chi connectivity index (χ1n) is 18.5. The summed E-state index contributed by atoms with van der Waals surface area (Å²) in [5.74, 6) is 0.139. The Bertz CT molecular complexity index is 1900. The third kappa shape index (κ3) is 9.23. The van der Waals surface area contributed by atoms with Gasteiger partial charge in [0.15, 0.2) is 0 Å². The Hall–Kier alpha value is -4.08. The maximum atomic E-state index is 11.2. The largest absolute Gasteiger partial charge is 0.497 e. The van der Waals surface area contributed by atoms with Crippen LogP contribution in [0.25, 0.3) is 0 Å². The van der Waals surface area contributed by atoms with Gasteiger partial charge in [0.05, 0.1) is 20.8 Å². The van der Waals surface area contributed by atoms with Gasteiger partial charge in [-0.05, 0) is 161 Å². The molecule has 54 heavy (non-hydrogen) atoms. The van der Waals surface area contributed by atoms with Gasteiger partial charge < -0.3 is 19.7 Å². The molecule has 288 valence electrons. The number of carboxylic acid groups (broad SMARTS) is 2. The number of carbonyl (C=O) groups is 2. The van der Waals surface area contributed by atoms with Gasteiger partial charge in [-0.1, -0.05) is 59.6 Å². The Balaban J connectivity index is 0.000000208. The van der Waals surface area contributed by atoms with Gasteiger partial charge in [-0.3, -0.25) is 19.4 Å². The Morgan fingerprint density at radius 3 is 1.81 bits per heavy atom. The average molecular weight is 776 g/mol. The molecule has 0 radical (unpaired) electrons.